The summed E-state index contributed by atoms with van der Waals surface area (Å²) in [6.07, 6.45) is 9.44. The fraction of sp³-hybridized carbons (Fsp3) is 0.824. The monoisotopic (exact) mass is 358 g/mol. The van der Waals surface area contributed by atoms with Gasteiger partial charge in [-0.1, -0.05) is 6.42 Å². The molecule has 8 heteroatoms. The number of aliphatic carboxylic acids is 2. The predicted molar refractivity (Wildman–Crippen MR) is 91.5 cm³/mol. The number of nitrogens with zero attached hydrogens (tertiary/aromatic N) is 1. The van der Waals surface area contributed by atoms with E-state index in [1.54, 1.807) is 4.90 Å². The summed E-state index contributed by atoms with van der Waals surface area (Å²) in [5, 5.41) is 18.2. The van der Waals surface area contributed by atoms with Crippen molar-refractivity contribution in [1.29, 1.82) is 0 Å². The highest BCUT2D eigenvalue weighted by Gasteiger charge is 2.21. The third-order valence-electron chi connectivity index (χ3n) is 4.65. The molecule has 2 aliphatic rings. The van der Waals surface area contributed by atoms with E-state index in [0.29, 0.717) is 0 Å². The Morgan fingerprint density at radius 3 is 2.08 bits per heavy atom. The first kappa shape index (κ1) is 21.2. The van der Waals surface area contributed by atoms with Crippen molar-refractivity contribution in [3.05, 3.63) is 0 Å². The molecule has 0 aromatic rings. The van der Waals surface area contributed by atoms with Gasteiger partial charge in [-0.25, -0.2) is 14.4 Å². The van der Waals surface area contributed by atoms with Crippen molar-refractivity contribution in [3.8, 4) is 0 Å². The van der Waals surface area contributed by atoms with Crippen molar-refractivity contribution in [2.75, 3.05) is 26.7 Å². The summed E-state index contributed by atoms with van der Waals surface area (Å²) in [5.74, 6) is -2.88. The van der Waals surface area contributed by atoms with Crippen molar-refractivity contribution < 1.29 is 29.3 Å². The van der Waals surface area contributed by atoms with Crippen molar-refractivity contribution in [2.24, 2.45) is 5.92 Å². The molecule has 1 saturated carbocycles. The molecule has 0 aromatic carbocycles. The van der Waals surface area contributed by atoms with Crippen LogP contribution >= 0.6 is 0 Å². The molecule has 144 valence electrons. The lowest BCUT2D eigenvalue weighted by atomic mass is 9.94. The molecule has 0 aromatic heterocycles. The lowest BCUT2D eigenvalue weighted by Gasteiger charge is -2.27. The molecule has 1 aliphatic heterocycles. The molecule has 1 saturated heterocycles. The van der Waals surface area contributed by atoms with Gasteiger partial charge in [-0.05, 0) is 64.0 Å². The topological polar surface area (TPSA) is 116 Å². The molecule has 1 aliphatic carbocycles. The first-order chi connectivity index (χ1) is 11.9. The summed E-state index contributed by atoms with van der Waals surface area (Å²) in [4.78, 5) is 31.9. The average molecular weight is 358 g/mol. The second kappa shape index (κ2) is 11.7. The second-order valence-corrected chi connectivity index (χ2v) is 6.66. The molecule has 0 atom stereocenters. The standard InChI is InChI=1S/C15H28N2O2.C2H2O4/c1-17(12-9-13-7-10-16-11-8-13)15(18)19-14-5-3-2-4-6-14;3-1(4)2(5)6/h13-14,16H,2-12H2,1H3;(H,3,4)(H,5,6). The van der Waals surface area contributed by atoms with E-state index in [1.165, 1.54) is 32.1 Å². The van der Waals surface area contributed by atoms with Crippen LogP contribution in [0.15, 0.2) is 0 Å². The van der Waals surface area contributed by atoms with Gasteiger partial charge in [0.25, 0.3) is 0 Å². The number of rotatable bonds is 4. The average Bonchev–Trinajstić information content (AvgIpc) is 2.61. The predicted octanol–water partition coefficient (Wildman–Crippen LogP) is 1.93. The van der Waals surface area contributed by atoms with E-state index in [-0.39, 0.29) is 12.2 Å². The SMILES string of the molecule is CN(CCC1CCNCC1)C(=O)OC1CCCCC1.O=C(O)C(=O)O. The van der Waals surface area contributed by atoms with Gasteiger partial charge in [-0.2, -0.15) is 0 Å². The lowest BCUT2D eigenvalue weighted by molar-refractivity contribution is -0.159. The zero-order chi connectivity index (χ0) is 18.7. The van der Waals surface area contributed by atoms with E-state index in [1.807, 2.05) is 7.05 Å². The maximum absolute atomic E-state index is 12.0. The van der Waals surface area contributed by atoms with Crippen molar-refractivity contribution in [2.45, 2.75) is 57.5 Å². The van der Waals surface area contributed by atoms with E-state index in [9.17, 15) is 4.79 Å². The van der Waals surface area contributed by atoms with Gasteiger partial charge < -0.3 is 25.2 Å². The summed E-state index contributed by atoms with van der Waals surface area (Å²) < 4.78 is 5.57. The minimum absolute atomic E-state index is 0.124. The zero-order valence-corrected chi connectivity index (χ0v) is 14.9. The molecular weight excluding hydrogens is 328 g/mol. The highest BCUT2D eigenvalue weighted by molar-refractivity contribution is 6.27. The molecule has 8 nitrogen and oxygen atoms in total. The van der Waals surface area contributed by atoms with Gasteiger partial charge in [0, 0.05) is 13.6 Å². The zero-order valence-electron chi connectivity index (χ0n) is 14.9. The van der Waals surface area contributed by atoms with Gasteiger partial charge in [0.15, 0.2) is 0 Å². The number of ether oxygens (including phenoxy) is 1. The maximum Gasteiger partial charge on any atom is 0.414 e. The minimum atomic E-state index is -1.82. The third kappa shape index (κ3) is 9.28. The van der Waals surface area contributed by atoms with Crippen LogP contribution in [-0.2, 0) is 14.3 Å². The molecule has 0 unspecified atom stereocenters. The van der Waals surface area contributed by atoms with Crippen LogP contribution in [0.5, 0.6) is 0 Å². The Balaban J connectivity index is 0.000000450. The molecule has 2 rings (SSSR count). The van der Waals surface area contributed by atoms with Gasteiger partial charge in [-0.15, -0.1) is 0 Å². The Hall–Kier alpha value is -1.83. The summed E-state index contributed by atoms with van der Waals surface area (Å²) in [7, 11) is 1.87. The van der Waals surface area contributed by atoms with Crippen LogP contribution < -0.4 is 5.32 Å². The molecule has 0 spiro atoms. The van der Waals surface area contributed by atoms with Gasteiger partial charge in [0.05, 0.1) is 0 Å². The van der Waals surface area contributed by atoms with Crippen LogP contribution in [0, 0.1) is 5.92 Å². The van der Waals surface area contributed by atoms with E-state index in [0.717, 1.165) is 44.8 Å². The Labute approximate surface area is 148 Å². The summed E-state index contributed by atoms with van der Waals surface area (Å²) >= 11 is 0. The smallest absolute Gasteiger partial charge is 0.414 e. The Morgan fingerprint density at radius 1 is 1.00 bits per heavy atom. The van der Waals surface area contributed by atoms with Crippen LogP contribution in [0.2, 0.25) is 0 Å². The normalized spacial score (nSPS) is 18.6. The molecule has 1 amide bonds. The van der Waals surface area contributed by atoms with E-state index in [2.05, 4.69) is 5.32 Å². The lowest BCUT2D eigenvalue weighted by Crippen LogP contribution is -2.35. The molecule has 1 heterocycles. The fourth-order valence-electron chi connectivity index (χ4n) is 3.05. The fourth-order valence-corrected chi connectivity index (χ4v) is 3.05. The third-order valence-corrected chi connectivity index (χ3v) is 4.65. The molecule has 3 N–H and O–H groups in total. The number of amides is 1. The molecule has 25 heavy (non-hydrogen) atoms. The Morgan fingerprint density at radius 2 is 1.56 bits per heavy atom. The summed E-state index contributed by atoms with van der Waals surface area (Å²) in [5.41, 5.74) is 0. The van der Waals surface area contributed by atoms with Crippen LogP contribution in [0.1, 0.15) is 51.4 Å². The summed E-state index contributed by atoms with van der Waals surface area (Å²) in [6.45, 7) is 3.08. The largest absolute Gasteiger partial charge is 0.473 e. The Bertz CT molecular complexity index is 419. The quantitative estimate of drug-likeness (QED) is 0.658. The first-order valence-electron chi connectivity index (χ1n) is 8.98. The number of hydrogen-bond acceptors (Lipinski definition) is 5. The van der Waals surface area contributed by atoms with Gasteiger partial charge >= 0.3 is 18.0 Å². The highest BCUT2D eigenvalue weighted by Crippen LogP contribution is 2.21. The van der Waals surface area contributed by atoms with Crippen LogP contribution in [0.25, 0.3) is 0 Å². The van der Waals surface area contributed by atoms with Crippen LogP contribution in [0.3, 0.4) is 0 Å². The Kier molecular flexibility index (Phi) is 9.91. The number of carboxylic acid groups (broad SMARTS) is 2. The molecular formula is C17H30N2O6. The minimum Gasteiger partial charge on any atom is -0.473 e. The number of nitrogens with one attached hydrogen (secondary N) is 1. The first-order valence-corrected chi connectivity index (χ1v) is 8.98. The molecule has 2 fully saturated rings. The highest BCUT2D eigenvalue weighted by atomic mass is 16.6. The number of carboxylic acids is 2. The van der Waals surface area contributed by atoms with E-state index < -0.39 is 11.9 Å². The number of piperidine rings is 1. The van der Waals surface area contributed by atoms with Gasteiger partial charge in [-0.3, -0.25) is 0 Å². The van der Waals surface area contributed by atoms with Crippen molar-refractivity contribution >= 4 is 18.0 Å². The van der Waals surface area contributed by atoms with Crippen molar-refractivity contribution in [3.63, 3.8) is 0 Å². The molecule has 0 radical (unpaired) electrons. The summed E-state index contributed by atoms with van der Waals surface area (Å²) in [6, 6.07) is 0. The molecule has 0 bridgehead atoms. The van der Waals surface area contributed by atoms with Crippen molar-refractivity contribution in [1.82, 2.24) is 10.2 Å². The van der Waals surface area contributed by atoms with Crippen LogP contribution in [-0.4, -0.2) is 65.9 Å². The van der Waals surface area contributed by atoms with E-state index in [4.69, 9.17) is 24.5 Å². The van der Waals surface area contributed by atoms with Gasteiger partial charge in [0.2, 0.25) is 0 Å². The number of hydrogen-bond donors (Lipinski definition) is 3. The van der Waals surface area contributed by atoms with E-state index >= 15 is 0 Å². The van der Waals surface area contributed by atoms with Crippen LogP contribution in [0.4, 0.5) is 4.79 Å². The van der Waals surface area contributed by atoms with Gasteiger partial charge in [0.1, 0.15) is 6.10 Å². The number of carbonyl (C=O) groups is 3. The second-order valence-electron chi connectivity index (χ2n) is 6.66. The maximum atomic E-state index is 12.0. The number of carbonyl (C=O) groups excluding carboxylic acids is 1.